The number of hydrogen-bond acceptors (Lipinski definition) is 7. The molecule has 39 heavy (non-hydrogen) atoms. The Labute approximate surface area is 236 Å². The minimum atomic E-state index is -1.68. The Hall–Kier alpha value is -4.09. The molecule has 7 nitrogen and oxygen atoms in total. The second-order valence-corrected chi connectivity index (χ2v) is 10.7. The van der Waals surface area contributed by atoms with E-state index >= 15 is 0 Å². The molecule has 5 rings (SSSR count). The van der Waals surface area contributed by atoms with Gasteiger partial charge >= 0.3 is 5.97 Å². The van der Waals surface area contributed by atoms with Gasteiger partial charge in [-0.1, -0.05) is 42.5 Å². The van der Waals surface area contributed by atoms with E-state index in [0.29, 0.717) is 21.3 Å². The number of Topliss-reactive ketones (excluding diaryl/α,β-unsaturated/α-hetero) is 1. The lowest BCUT2D eigenvalue weighted by Gasteiger charge is -2.36. The predicted octanol–water partition coefficient (Wildman–Crippen LogP) is 5.46. The van der Waals surface area contributed by atoms with Crippen LogP contribution in [-0.4, -0.2) is 52.2 Å². The molecule has 0 spiro atoms. The molecule has 8 heteroatoms. The summed E-state index contributed by atoms with van der Waals surface area (Å²) >= 11 is 3.50. The van der Waals surface area contributed by atoms with Crippen molar-refractivity contribution < 1.29 is 19.1 Å². The highest BCUT2D eigenvalue weighted by molar-refractivity contribution is 9.10. The summed E-state index contributed by atoms with van der Waals surface area (Å²) in [7, 11) is 6.72. The first-order chi connectivity index (χ1) is 18.8. The maximum absolute atomic E-state index is 14.5. The van der Waals surface area contributed by atoms with Gasteiger partial charge in [-0.2, -0.15) is 5.26 Å². The van der Waals surface area contributed by atoms with Gasteiger partial charge in [0.15, 0.2) is 11.2 Å². The smallest absolute Gasteiger partial charge is 0.329 e. The highest BCUT2D eigenvalue weighted by Crippen LogP contribution is 2.56. The van der Waals surface area contributed by atoms with Crippen molar-refractivity contribution in [3.63, 3.8) is 0 Å². The summed E-state index contributed by atoms with van der Waals surface area (Å²) in [6, 6.07) is 21.3. The molecule has 2 aliphatic rings. The molecule has 0 N–H and O–H groups in total. The number of carbonyl (C=O) groups excluding carboxylic acids is 2. The Kier molecular flexibility index (Phi) is 6.96. The van der Waals surface area contributed by atoms with E-state index in [1.165, 1.54) is 7.11 Å². The molecule has 198 valence electrons. The number of esters is 1. The minimum Gasteiger partial charge on any atom is -0.496 e. The summed E-state index contributed by atoms with van der Waals surface area (Å²) in [4.78, 5) is 32.1. The molecule has 3 aromatic carbocycles. The zero-order valence-corrected chi connectivity index (χ0v) is 23.7. The molecular formula is C31H28BrN3O4. The monoisotopic (exact) mass is 585 g/mol. The summed E-state index contributed by atoms with van der Waals surface area (Å²) in [5.74, 6) is -1.10. The van der Waals surface area contributed by atoms with Crippen LogP contribution in [0.25, 0.3) is 6.08 Å². The first-order valence-electron chi connectivity index (χ1n) is 12.5. The third-order valence-corrected chi connectivity index (χ3v) is 8.35. The van der Waals surface area contributed by atoms with Crippen LogP contribution in [0.15, 0.2) is 77.3 Å². The standard InChI is InChI=1S/C31H28BrN3O4/c1-34(2)22-13-9-20(10-14-22)27-28(29(36)21-11-15-25(38-3)23(32)17-21)35-24-8-6-5-7-19(24)12-16-26(35)31(27,18-33)30(37)39-4/h5-17,26-28H,1-4H3/t26-,27-,28+,31+/m1/s1. The molecule has 1 saturated heterocycles. The normalized spacial score (nSPS) is 22.9. The molecule has 0 amide bonds. The number of halogens is 1. The Bertz CT molecular complexity index is 1510. The number of ketones is 1. The van der Waals surface area contributed by atoms with E-state index in [4.69, 9.17) is 9.47 Å². The second-order valence-electron chi connectivity index (χ2n) is 9.86. The van der Waals surface area contributed by atoms with Gasteiger partial charge in [-0.3, -0.25) is 9.59 Å². The van der Waals surface area contributed by atoms with E-state index in [1.54, 1.807) is 25.3 Å². The minimum absolute atomic E-state index is 0.212. The fraction of sp³-hybridized carbons (Fsp3) is 0.258. The number of benzene rings is 3. The number of fused-ring (bicyclic) bond motifs is 3. The summed E-state index contributed by atoms with van der Waals surface area (Å²) < 4.78 is 11.3. The summed E-state index contributed by atoms with van der Waals surface area (Å²) in [6.45, 7) is 0. The lowest BCUT2D eigenvalue weighted by molar-refractivity contribution is -0.150. The predicted molar refractivity (Wildman–Crippen MR) is 154 cm³/mol. The Morgan fingerprint density at radius 2 is 1.77 bits per heavy atom. The van der Waals surface area contributed by atoms with Gasteiger partial charge in [-0.05, 0) is 63.5 Å². The van der Waals surface area contributed by atoms with E-state index in [9.17, 15) is 14.9 Å². The van der Waals surface area contributed by atoms with Gasteiger partial charge in [0, 0.05) is 37.0 Å². The molecule has 0 aliphatic carbocycles. The average Bonchev–Trinajstić information content (AvgIpc) is 3.28. The SMILES string of the molecule is COC(=O)[C@]1(C#N)[C@H](c2ccc(N(C)C)cc2)[C@@H](C(=O)c2ccc(OC)c(Br)c2)N2c3ccccc3C=C[C@@H]21. The van der Waals surface area contributed by atoms with E-state index in [-0.39, 0.29) is 5.78 Å². The quantitative estimate of drug-likeness (QED) is 0.280. The fourth-order valence-electron chi connectivity index (χ4n) is 5.88. The zero-order chi connectivity index (χ0) is 27.9. The number of ether oxygens (including phenoxy) is 2. The maximum Gasteiger partial charge on any atom is 0.329 e. The molecule has 3 aromatic rings. The van der Waals surface area contributed by atoms with Crippen molar-refractivity contribution in [1.29, 1.82) is 5.26 Å². The number of anilines is 2. The molecule has 2 aliphatic heterocycles. The van der Waals surface area contributed by atoms with Crippen LogP contribution in [0.5, 0.6) is 5.75 Å². The zero-order valence-electron chi connectivity index (χ0n) is 22.1. The average molecular weight is 586 g/mol. The van der Waals surface area contributed by atoms with Crippen molar-refractivity contribution in [2.24, 2.45) is 5.41 Å². The Morgan fingerprint density at radius 3 is 2.38 bits per heavy atom. The van der Waals surface area contributed by atoms with E-state index < -0.39 is 29.4 Å². The van der Waals surface area contributed by atoms with Crippen LogP contribution < -0.4 is 14.5 Å². The van der Waals surface area contributed by atoms with Gasteiger partial charge in [-0.25, -0.2) is 0 Å². The Balaban J connectivity index is 1.78. The number of carbonyl (C=O) groups is 2. The number of nitriles is 1. The van der Waals surface area contributed by atoms with Crippen molar-refractivity contribution in [2.75, 3.05) is 38.1 Å². The molecule has 0 aromatic heterocycles. The fourth-order valence-corrected chi connectivity index (χ4v) is 6.42. The number of methoxy groups -OCH3 is 2. The highest BCUT2D eigenvalue weighted by atomic mass is 79.9. The third kappa shape index (κ3) is 4.09. The Morgan fingerprint density at radius 1 is 1.05 bits per heavy atom. The molecule has 0 unspecified atom stereocenters. The van der Waals surface area contributed by atoms with Crippen LogP contribution in [0.1, 0.15) is 27.4 Å². The van der Waals surface area contributed by atoms with Crippen molar-refractivity contribution >= 4 is 45.1 Å². The number of hydrogen-bond donors (Lipinski definition) is 0. The van der Waals surface area contributed by atoms with Crippen LogP contribution in [-0.2, 0) is 9.53 Å². The highest BCUT2D eigenvalue weighted by Gasteiger charge is 2.67. The van der Waals surface area contributed by atoms with Crippen LogP contribution >= 0.6 is 15.9 Å². The van der Waals surface area contributed by atoms with E-state index in [2.05, 4.69) is 22.0 Å². The summed E-state index contributed by atoms with van der Waals surface area (Å²) in [6.07, 6.45) is 3.76. The number of nitrogens with zero attached hydrogens (tertiary/aromatic N) is 3. The number of para-hydroxylation sites is 1. The van der Waals surface area contributed by atoms with Crippen LogP contribution in [0, 0.1) is 16.7 Å². The van der Waals surface area contributed by atoms with Gasteiger partial charge in [0.2, 0.25) is 0 Å². The van der Waals surface area contributed by atoms with Crippen LogP contribution in [0.3, 0.4) is 0 Å². The first kappa shape index (κ1) is 26.5. The molecule has 0 radical (unpaired) electrons. The van der Waals surface area contributed by atoms with Crippen molar-refractivity contribution in [3.05, 3.63) is 94.0 Å². The van der Waals surface area contributed by atoms with Gasteiger partial charge < -0.3 is 19.3 Å². The lowest BCUT2D eigenvalue weighted by atomic mass is 9.68. The topological polar surface area (TPSA) is 82.9 Å². The van der Waals surface area contributed by atoms with Gasteiger partial charge in [0.05, 0.1) is 30.8 Å². The maximum atomic E-state index is 14.5. The number of rotatable bonds is 6. The van der Waals surface area contributed by atoms with Crippen molar-refractivity contribution in [1.82, 2.24) is 0 Å². The summed E-state index contributed by atoms with van der Waals surface area (Å²) in [5.41, 5.74) is 2.12. The first-order valence-corrected chi connectivity index (χ1v) is 13.3. The molecule has 0 saturated carbocycles. The van der Waals surface area contributed by atoms with Crippen molar-refractivity contribution in [3.8, 4) is 11.8 Å². The van der Waals surface area contributed by atoms with E-state index in [1.807, 2.05) is 84.6 Å². The molecule has 4 atom stereocenters. The lowest BCUT2D eigenvalue weighted by Crippen LogP contribution is -2.46. The third-order valence-electron chi connectivity index (χ3n) is 7.73. The van der Waals surface area contributed by atoms with Gasteiger partial charge in [-0.15, -0.1) is 0 Å². The van der Waals surface area contributed by atoms with Crippen LogP contribution in [0.2, 0.25) is 0 Å². The molecule has 0 bridgehead atoms. The largest absolute Gasteiger partial charge is 0.496 e. The van der Waals surface area contributed by atoms with Gasteiger partial charge in [0.25, 0.3) is 0 Å². The molecular weight excluding hydrogens is 558 g/mol. The summed E-state index contributed by atoms with van der Waals surface area (Å²) in [5, 5.41) is 10.8. The second kappa shape index (κ2) is 10.2. The van der Waals surface area contributed by atoms with Crippen LogP contribution in [0.4, 0.5) is 11.4 Å². The van der Waals surface area contributed by atoms with E-state index in [0.717, 1.165) is 16.9 Å². The van der Waals surface area contributed by atoms with Crippen molar-refractivity contribution in [2.45, 2.75) is 18.0 Å². The molecule has 2 heterocycles. The molecule has 1 fully saturated rings. The van der Waals surface area contributed by atoms with Gasteiger partial charge in [0.1, 0.15) is 11.8 Å².